The lowest BCUT2D eigenvalue weighted by molar-refractivity contribution is -0.501. The van der Waals surface area contributed by atoms with Crippen molar-refractivity contribution in [3.05, 3.63) is 36.1 Å². The Morgan fingerprint density at radius 3 is 2.74 bits per heavy atom. The van der Waals surface area contributed by atoms with Crippen LogP contribution >= 0.6 is 0 Å². The van der Waals surface area contributed by atoms with Crippen LogP contribution in [0.15, 0.2) is 30.5 Å². The summed E-state index contributed by atoms with van der Waals surface area (Å²) in [5.41, 5.74) is 0.881. The number of rotatable bonds is 4. The average molecular weight is 258 g/mol. The molecule has 4 heteroatoms. The quantitative estimate of drug-likeness (QED) is 0.607. The lowest BCUT2D eigenvalue weighted by Crippen LogP contribution is -2.17. The van der Waals surface area contributed by atoms with Crippen molar-refractivity contribution < 1.29 is 18.8 Å². The van der Waals surface area contributed by atoms with E-state index in [0.29, 0.717) is 36.2 Å². The zero-order valence-corrected chi connectivity index (χ0v) is 11.1. The van der Waals surface area contributed by atoms with Crippen LogP contribution in [-0.4, -0.2) is 37.8 Å². The van der Waals surface area contributed by atoms with Crippen molar-refractivity contribution in [1.29, 1.82) is 0 Å². The lowest BCUT2D eigenvalue weighted by atomic mass is 10.2. The Hall–Kier alpha value is -2.41. The van der Waals surface area contributed by atoms with Crippen molar-refractivity contribution in [2.45, 2.75) is 0 Å². The maximum absolute atomic E-state index is 5.64. The third-order valence-electron chi connectivity index (χ3n) is 2.81. The molecule has 0 bridgehead atoms. The predicted molar refractivity (Wildman–Crippen MR) is 72.7 cm³/mol. The Labute approximate surface area is 112 Å². The number of methoxy groups -OCH3 is 2. The largest absolute Gasteiger partial charge is 0.493 e. The van der Waals surface area contributed by atoms with Crippen molar-refractivity contribution in [1.82, 2.24) is 0 Å². The first-order chi connectivity index (χ1) is 9.19. The van der Waals surface area contributed by atoms with Gasteiger partial charge in [-0.1, -0.05) is 6.58 Å². The van der Waals surface area contributed by atoms with E-state index in [1.54, 1.807) is 14.2 Å². The van der Waals surface area contributed by atoms with Gasteiger partial charge in [-0.25, -0.2) is 0 Å². The maximum Gasteiger partial charge on any atom is 0.376 e. The maximum atomic E-state index is 5.64. The van der Waals surface area contributed by atoms with Crippen LogP contribution < -0.4 is 9.47 Å². The molecule has 0 amide bonds. The van der Waals surface area contributed by atoms with Gasteiger partial charge in [0.25, 0.3) is 0 Å². The first-order valence-corrected chi connectivity index (χ1v) is 5.83. The molecule has 0 atom stereocenters. The van der Waals surface area contributed by atoms with Crippen molar-refractivity contribution in [3.63, 3.8) is 0 Å². The van der Waals surface area contributed by atoms with Crippen LogP contribution in [0.1, 0.15) is 5.56 Å². The highest BCUT2D eigenvalue weighted by Crippen LogP contribution is 2.28. The van der Waals surface area contributed by atoms with E-state index < -0.39 is 0 Å². The topological polar surface area (TPSA) is 30.7 Å². The number of hydrogen-bond donors (Lipinski definition) is 0. The van der Waals surface area contributed by atoms with Gasteiger partial charge in [0.1, 0.15) is 0 Å². The van der Waals surface area contributed by atoms with Crippen LogP contribution in [0.2, 0.25) is 0 Å². The normalized spacial score (nSPS) is 14.1. The van der Waals surface area contributed by atoms with Gasteiger partial charge in [-0.05, 0) is 18.1 Å². The monoisotopic (exact) mass is 258 g/mol. The fraction of sp³-hybridized carbons (Fsp3) is 0.267. The summed E-state index contributed by atoms with van der Waals surface area (Å²) in [6.45, 7) is 4.91. The fourth-order valence-electron chi connectivity index (χ4n) is 1.97. The second kappa shape index (κ2) is 5.49. The molecule has 1 aliphatic rings. The van der Waals surface area contributed by atoms with Crippen LogP contribution in [0.25, 0.3) is 0 Å². The molecule has 19 heavy (non-hydrogen) atoms. The van der Waals surface area contributed by atoms with Gasteiger partial charge in [-0.15, -0.1) is 6.42 Å². The van der Waals surface area contributed by atoms with E-state index >= 15 is 0 Å². The van der Waals surface area contributed by atoms with E-state index in [2.05, 4.69) is 12.5 Å². The number of terminal acetylenes is 1. The summed E-state index contributed by atoms with van der Waals surface area (Å²) in [4.78, 5) is 0. The Morgan fingerprint density at radius 1 is 1.37 bits per heavy atom. The molecule has 0 fully saturated rings. The molecule has 1 heterocycles. The SMILES string of the molecule is C#CC[N+]1=C(c2ccc(OC)c(OC)c2)OC(=C)C1. The second-order valence-corrected chi connectivity index (χ2v) is 4.08. The molecule has 0 aliphatic carbocycles. The molecule has 0 unspecified atom stereocenters. The summed E-state index contributed by atoms with van der Waals surface area (Å²) >= 11 is 0. The Morgan fingerprint density at radius 2 is 2.11 bits per heavy atom. The minimum absolute atomic E-state index is 0.475. The Kier molecular flexibility index (Phi) is 3.76. The van der Waals surface area contributed by atoms with Crippen molar-refractivity contribution in [2.24, 2.45) is 0 Å². The van der Waals surface area contributed by atoms with Crippen molar-refractivity contribution >= 4 is 5.90 Å². The van der Waals surface area contributed by atoms with E-state index in [1.165, 1.54) is 0 Å². The highest BCUT2D eigenvalue weighted by molar-refractivity contribution is 5.92. The van der Waals surface area contributed by atoms with Gasteiger partial charge in [0.2, 0.25) is 13.1 Å². The van der Waals surface area contributed by atoms with Crippen LogP contribution in [0, 0.1) is 12.3 Å². The van der Waals surface area contributed by atoms with Gasteiger partial charge in [-0.3, -0.25) is 0 Å². The molecular weight excluding hydrogens is 242 g/mol. The molecule has 0 saturated heterocycles. The first kappa shape index (κ1) is 13.0. The molecule has 0 N–H and O–H groups in total. The zero-order valence-electron chi connectivity index (χ0n) is 11.1. The summed E-state index contributed by atoms with van der Waals surface area (Å²) in [5, 5.41) is 0. The Balaban J connectivity index is 2.43. The molecule has 1 aromatic carbocycles. The molecule has 4 nitrogen and oxygen atoms in total. The molecule has 1 aromatic rings. The average Bonchev–Trinajstić information content (AvgIpc) is 2.79. The lowest BCUT2D eigenvalue weighted by Gasteiger charge is -2.08. The summed E-state index contributed by atoms with van der Waals surface area (Å²) < 4.78 is 18.1. The van der Waals surface area contributed by atoms with E-state index in [4.69, 9.17) is 20.6 Å². The van der Waals surface area contributed by atoms with Gasteiger partial charge >= 0.3 is 5.90 Å². The summed E-state index contributed by atoms with van der Waals surface area (Å²) in [7, 11) is 3.20. The zero-order chi connectivity index (χ0) is 13.8. The summed E-state index contributed by atoms with van der Waals surface area (Å²) in [5.74, 6) is 5.31. The third-order valence-corrected chi connectivity index (χ3v) is 2.81. The molecule has 1 aliphatic heterocycles. The summed E-state index contributed by atoms with van der Waals surface area (Å²) in [6.07, 6.45) is 5.36. The second-order valence-electron chi connectivity index (χ2n) is 4.08. The van der Waals surface area contributed by atoms with E-state index in [-0.39, 0.29) is 0 Å². The molecule has 0 aromatic heterocycles. The molecule has 0 spiro atoms. The van der Waals surface area contributed by atoms with E-state index in [1.807, 2.05) is 22.8 Å². The van der Waals surface area contributed by atoms with Crippen molar-refractivity contribution in [3.8, 4) is 23.8 Å². The highest BCUT2D eigenvalue weighted by atomic mass is 16.5. The van der Waals surface area contributed by atoms with Gasteiger partial charge in [-0.2, -0.15) is 4.58 Å². The van der Waals surface area contributed by atoms with E-state index in [9.17, 15) is 0 Å². The minimum atomic E-state index is 0.475. The van der Waals surface area contributed by atoms with Crippen LogP contribution in [-0.2, 0) is 4.74 Å². The summed E-state index contributed by atoms with van der Waals surface area (Å²) in [6, 6.07) is 5.59. The van der Waals surface area contributed by atoms with Gasteiger partial charge in [0.15, 0.2) is 17.3 Å². The molecular formula is C15H16NO3+. The molecule has 0 saturated carbocycles. The minimum Gasteiger partial charge on any atom is -0.493 e. The fourth-order valence-corrected chi connectivity index (χ4v) is 1.97. The molecule has 98 valence electrons. The van der Waals surface area contributed by atoms with Crippen LogP contribution in [0.5, 0.6) is 11.5 Å². The van der Waals surface area contributed by atoms with Crippen LogP contribution in [0.4, 0.5) is 0 Å². The van der Waals surface area contributed by atoms with E-state index in [0.717, 1.165) is 5.56 Å². The van der Waals surface area contributed by atoms with Crippen molar-refractivity contribution in [2.75, 3.05) is 27.3 Å². The first-order valence-electron chi connectivity index (χ1n) is 5.83. The van der Waals surface area contributed by atoms with Gasteiger partial charge in [0, 0.05) is 6.07 Å². The highest BCUT2D eigenvalue weighted by Gasteiger charge is 2.29. The van der Waals surface area contributed by atoms with Gasteiger partial charge in [0.05, 0.1) is 19.8 Å². The van der Waals surface area contributed by atoms with Gasteiger partial charge < -0.3 is 14.2 Å². The van der Waals surface area contributed by atoms with Crippen LogP contribution in [0.3, 0.4) is 0 Å². The number of benzene rings is 1. The smallest absolute Gasteiger partial charge is 0.376 e. The predicted octanol–water partition coefficient (Wildman–Crippen LogP) is 1.64. The number of hydrogen-bond acceptors (Lipinski definition) is 3. The third kappa shape index (κ3) is 2.55. The Bertz CT molecular complexity index is 582. The standard InChI is InChI=1S/C15H16NO3/c1-5-8-16-10-11(2)19-15(16)12-6-7-13(17-3)14(9-12)18-4/h1,6-7,9H,2,8,10H2,3-4H3/q+1. The number of ether oxygens (including phenoxy) is 3. The molecule has 2 rings (SSSR count). The number of nitrogens with zero attached hydrogens (tertiary/aromatic N) is 1. The molecule has 0 radical (unpaired) electrons.